The molecule has 0 saturated carbocycles. The number of fused-ring (bicyclic) bond motifs is 3. The summed E-state index contributed by atoms with van der Waals surface area (Å²) in [6.45, 7) is 10.1. The van der Waals surface area contributed by atoms with Gasteiger partial charge in [-0.05, 0) is 48.6 Å². The molecule has 0 bridgehead atoms. The number of hydrogen-bond donors (Lipinski definition) is 2. The van der Waals surface area contributed by atoms with Gasteiger partial charge in [0.2, 0.25) is 0 Å². The van der Waals surface area contributed by atoms with Gasteiger partial charge in [0.25, 0.3) is 0 Å². The van der Waals surface area contributed by atoms with Crippen LogP contribution in [0.15, 0.2) is 18.2 Å². The summed E-state index contributed by atoms with van der Waals surface area (Å²) in [7, 11) is 0. The molecule has 1 aliphatic rings. The van der Waals surface area contributed by atoms with Crippen LogP contribution in [-0.4, -0.2) is 11.5 Å². The van der Waals surface area contributed by atoms with Crippen LogP contribution in [0.25, 0.3) is 10.9 Å². The Morgan fingerprint density at radius 1 is 1.22 bits per heavy atom. The lowest BCUT2D eigenvalue weighted by atomic mass is 9.86. The Labute approximate surface area is 109 Å². The number of nitrogens with one attached hydrogen (secondary N) is 2. The maximum absolute atomic E-state index is 3.58. The molecular formula is C16H22N2. The summed E-state index contributed by atoms with van der Waals surface area (Å²) in [6.07, 6.45) is 1.13. The van der Waals surface area contributed by atoms with Crippen LogP contribution < -0.4 is 5.32 Å². The van der Waals surface area contributed by atoms with Crippen LogP contribution in [-0.2, 0) is 11.8 Å². The molecule has 0 fully saturated rings. The van der Waals surface area contributed by atoms with Crippen molar-refractivity contribution in [3.8, 4) is 0 Å². The fourth-order valence-electron chi connectivity index (χ4n) is 2.89. The van der Waals surface area contributed by atoms with Crippen molar-refractivity contribution in [3.05, 3.63) is 35.0 Å². The van der Waals surface area contributed by atoms with Gasteiger partial charge < -0.3 is 10.3 Å². The fraction of sp³-hybridized carbons (Fsp3) is 0.500. The predicted molar refractivity (Wildman–Crippen MR) is 77.1 cm³/mol. The molecule has 0 aliphatic carbocycles. The summed E-state index contributed by atoms with van der Waals surface area (Å²) in [5.74, 6) is 0. The molecule has 2 heteroatoms. The van der Waals surface area contributed by atoms with Gasteiger partial charge >= 0.3 is 0 Å². The Balaban J connectivity index is 2.22. The zero-order valence-electron chi connectivity index (χ0n) is 11.7. The summed E-state index contributed by atoms with van der Waals surface area (Å²) in [5, 5.41) is 4.93. The minimum atomic E-state index is 0.219. The molecule has 0 radical (unpaired) electrons. The van der Waals surface area contributed by atoms with E-state index in [-0.39, 0.29) is 5.41 Å². The van der Waals surface area contributed by atoms with E-state index in [9.17, 15) is 0 Å². The summed E-state index contributed by atoms with van der Waals surface area (Å²) < 4.78 is 0. The fourth-order valence-corrected chi connectivity index (χ4v) is 2.89. The molecular weight excluding hydrogens is 220 g/mol. The Hall–Kier alpha value is -1.28. The zero-order valence-corrected chi connectivity index (χ0v) is 11.7. The summed E-state index contributed by atoms with van der Waals surface area (Å²) in [4.78, 5) is 3.58. The molecule has 18 heavy (non-hydrogen) atoms. The topological polar surface area (TPSA) is 27.8 Å². The Morgan fingerprint density at radius 2 is 2.00 bits per heavy atom. The van der Waals surface area contributed by atoms with E-state index in [0.717, 1.165) is 13.0 Å². The monoisotopic (exact) mass is 242 g/mol. The highest BCUT2D eigenvalue weighted by molar-refractivity contribution is 5.86. The number of aromatic amines is 1. The molecule has 96 valence electrons. The van der Waals surface area contributed by atoms with E-state index in [1.54, 1.807) is 0 Å². The smallest absolute Gasteiger partial charge is 0.0459 e. The number of rotatable bonds is 0. The average molecular weight is 242 g/mol. The van der Waals surface area contributed by atoms with Crippen LogP contribution >= 0.6 is 0 Å². The maximum Gasteiger partial charge on any atom is 0.0459 e. The van der Waals surface area contributed by atoms with Crippen LogP contribution in [0.5, 0.6) is 0 Å². The molecule has 0 spiro atoms. The second kappa shape index (κ2) is 3.86. The molecule has 1 atom stereocenters. The first kappa shape index (κ1) is 11.8. The van der Waals surface area contributed by atoms with Gasteiger partial charge in [-0.2, -0.15) is 0 Å². The second-order valence-corrected chi connectivity index (χ2v) is 6.45. The highest BCUT2D eigenvalue weighted by atomic mass is 15.0. The lowest BCUT2D eigenvalue weighted by Gasteiger charge is -2.21. The second-order valence-electron chi connectivity index (χ2n) is 6.45. The first-order valence-corrected chi connectivity index (χ1v) is 6.85. The van der Waals surface area contributed by atoms with E-state index in [1.165, 1.54) is 27.7 Å². The van der Waals surface area contributed by atoms with Crippen LogP contribution in [0.4, 0.5) is 0 Å². The molecule has 0 amide bonds. The van der Waals surface area contributed by atoms with Crippen molar-refractivity contribution in [1.82, 2.24) is 10.3 Å². The van der Waals surface area contributed by atoms with E-state index in [2.05, 4.69) is 56.2 Å². The molecule has 2 heterocycles. The Morgan fingerprint density at radius 3 is 2.72 bits per heavy atom. The predicted octanol–water partition coefficient (Wildman–Crippen LogP) is 3.67. The molecule has 1 aromatic heterocycles. The first-order chi connectivity index (χ1) is 8.47. The summed E-state index contributed by atoms with van der Waals surface area (Å²) >= 11 is 0. The third-order valence-electron chi connectivity index (χ3n) is 4.06. The van der Waals surface area contributed by atoms with Crippen LogP contribution in [0.1, 0.15) is 50.6 Å². The minimum Gasteiger partial charge on any atom is -0.357 e. The van der Waals surface area contributed by atoms with Gasteiger partial charge in [-0.3, -0.25) is 0 Å². The quantitative estimate of drug-likeness (QED) is 0.724. The standard InChI is InChI=1S/C16H22N2/c1-10-15-12(7-8-17-10)13-9-11(16(2,3)4)5-6-14(13)18-15/h5-6,9-10,17-18H,7-8H2,1-4H3. The third kappa shape index (κ3) is 1.76. The molecule has 1 unspecified atom stereocenters. The van der Waals surface area contributed by atoms with E-state index < -0.39 is 0 Å². The van der Waals surface area contributed by atoms with Crippen LogP contribution in [0, 0.1) is 0 Å². The Kier molecular flexibility index (Phi) is 2.53. The number of hydrogen-bond acceptors (Lipinski definition) is 1. The highest BCUT2D eigenvalue weighted by Gasteiger charge is 2.22. The van der Waals surface area contributed by atoms with Crippen molar-refractivity contribution in [2.75, 3.05) is 6.54 Å². The van der Waals surface area contributed by atoms with Crippen molar-refractivity contribution < 1.29 is 0 Å². The molecule has 0 saturated heterocycles. The lowest BCUT2D eigenvalue weighted by Crippen LogP contribution is -2.27. The Bertz CT molecular complexity index is 587. The lowest BCUT2D eigenvalue weighted by molar-refractivity contribution is 0.533. The number of H-pyrrole nitrogens is 1. The third-order valence-corrected chi connectivity index (χ3v) is 4.06. The average Bonchev–Trinajstić information content (AvgIpc) is 2.67. The van der Waals surface area contributed by atoms with Gasteiger partial charge in [0, 0.05) is 22.6 Å². The number of aromatic nitrogens is 1. The van der Waals surface area contributed by atoms with Crippen LogP contribution in [0.2, 0.25) is 0 Å². The largest absolute Gasteiger partial charge is 0.357 e. The van der Waals surface area contributed by atoms with Crippen molar-refractivity contribution in [3.63, 3.8) is 0 Å². The molecule has 2 nitrogen and oxygen atoms in total. The van der Waals surface area contributed by atoms with Crippen molar-refractivity contribution in [1.29, 1.82) is 0 Å². The zero-order chi connectivity index (χ0) is 12.9. The van der Waals surface area contributed by atoms with E-state index in [1.807, 2.05) is 0 Å². The molecule has 2 N–H and O–H groups in total. The van der Waals surface area contributed by atoms with E-state index >= 15 is 0 Å². The maximum atomic E-state index is 3.58. The van der Waals surface area contributed by atoms with E-state index in [0.29, 0.717) is 6.04 Å². The van der Waals surface area contributed by atoms with Crippen molar-refractivity contribution >= 4 is 10.9 Å². The van der Waals surface area contributed by atoms with Gasteiger partial charge in [0.15, 0.2) is 0 Å². The summed E-state index contributed by atoms with van der Waals surface area (Å²) in [6, 6.07) is 7.31. The molecule has 2 aromatic rings. The van der Waals surface area contributed by atoms with Crippen molar-refractivity contribution in [2.45, 2.75) is 45.6 Å². The van der Waals surface area contributed by atoms with Gasteiger partial charge in [-0.1, -0.05) is 26.8 Å². The highest BCUT2D eigenvalue weighted by Crippen LogP contribution is 2.33. The molecule has 3 rings (SSSR count). The molecule has 1 aromatic carbocycles. The van der Waals surface area contributed by atoms with E-state index in [4.69, 9.17) is 0 Å². The first-order valence-electron chi connectivity index (χ1n) is 6.85. The van der Waals surface area contributed by atoms with Crippen molar-refractivity contribution in [2.24, 2.45) is 0 Å². The normalized spacial score (nSPS) is 20.1. The number of benzene rings is 1. The SMILES string of the molecule is CC1NCCc2c1[nH]c1ccc(C(C)(C)C)cc21. The summed E-state index contributed by atoms with van der Waals surface area (Å²) in [5.41, 5.74) is 5.81. The van der Waals surface area contributed by atoms with Gasteiger partial charge in [0.05, 0.1) is 0 Å². The minimum absolute atomic E-state index is 0.219. The van der Waals surface area contributed by atoms with Gasteiger partial charge in [0.1, 0.15) is 0 Å². The molecule has 1 aliphatic heterocycles. The van der Waals surface area contributed by atoms with Crippen LogP contribution in [0.3, 0.4) is 0 Å². The van der Waals surface area contributed by atoms with Gasteiger partial charge in [-0.25, -0.2) is 0 Å². The van der Waals surface area contributed by atoms with Gasteiger partial charge in [-0.15, -0.1) is 0 Å².